The zero-order chi connectivity index (χ0) is 17.6. The van der Waals surface area contributed by atoms with Crippen LogP contribution in [-0.4, -0.2) is 33.9 Å². The van der Waals surface area contributed by atoms with E-state index < -0.39 is 0 Å². The Kier molecular flexibility index (Phi) is 5.79. The van der Waals surface area contributed by atoms with Crippen molar-refractivity contribution < 1.29 is 4.79 Å². The summed E-state index contributed by atoms with van der Waals surface area (Å²) in [5.41, 5.74) is 3.98. The van der Waals surface area contributed by atoms with Crippen molar-refractivity contribution in [3.63, 3.8) is 0 Å². The molecular formula is C21H27N3O. The number of carbonyl (C=O) groups excluding carboxylic acids is 1. The lowest BCUT2D eigenvalue weighted by Gasteiger charge is -2.20. The fourth-order valence-electron chi connectivity index (χ4n) is 3.42. The van der Waals surface area contributed by atoms with Crippen molar-refractivity contribution in [1.82, 2.24) is 14.9 Å². The summed E-state index contributed by atoms with van der Waals surface area (Å²) >= 11 is 0. The Morgan fingerprint density at radius 1 is 1.08 bits per heavy atom. The number of hydrogen-bond acceptors (Lipinski definition) is 3. The molecule has 0 bridgehead atoms. The van der Waals surface area contributed by atoms with Gasteiger partial charge in [-0.2, -0.15) is 0 Å². The van der Waals surface area contributed by atoms with Gasteiger partial charge in [0.15, 0.2) is 0 Å². The maximum absolute atomic E-state index is 12.7. The van der Waals surface area contributed by atoms with Crippen LogP contribution in [0.5, 0.6) is 0 Å². The molecule has 1 saturated heterocycles. The van der Waals surface area contributed by atoms with Crippen LogP contribution in [0.25, 0.3) is 11.3 Å². The zero-order valence-corrected chi connectivity index (χ0v) is 15.3. The second-order valence-corrected chi connectivity index (χ2v) is 6.82. The molecule has 0 spiro atoms. The number of likely N-dealkylation sites (tertiary alicyclic amines) is 1. The summed E-state index contributed by atoms with van der Waals surface area (Å²) in [6, 6.07) is 7.92. The van der Waals surface area contributed by atoms with Gasteiger partial charge in [-0.25, -0.2) is 9.97 Å². The highest BCUT2D eigenvalue weighted by atomic mass is 16.2. The molecule has 4 nitrogen and oxygen atoms in total. The minimum atomic E-state index is 0.154. The van der Waals surface area contributed by atoms with Crippen molar-refractivity contribution in [2.24, 2.45) is 0 Å². The van der Waals surface area contributed by atoms with Gasteiger partial charge in [-0.1, -0.05) is 38.3 Å². The minimum absolute atomic E-state index is 0.154. The highest BCUT2D eigenvalue weighted by Crippen LogP contribution is 2.23. The van der Waals surface area contributed by atoms with E-state index in [1.54, 1.807) is 0 Å². The van der Waals surface area contributed by atoms with Gasteiger partial charge in [0.25, 0.3) is 5.91 Å². The molecule has 4 heteroatoms. The maximum atomic E-state index is 12.7. The third kappa shape index (κ3) is 4.25. The Balaban J connectivity index is 1.82. The monoisotopic (exact) mass is 337 g/mol. The van der Waals surface area contributed by atoms with Crippen LogP contribution in [-0.2, 0) is 6.42 Å². The van der Waals surface area contributed by atoms with E-state index in [1.807, 2.05) is 42.3 Å². The largest absolute Gasteiger partial charge is 0.339 e. The Morgan fingerprint density at radius 2 is 1.76 bits per heavy atom. The number of hydrogen-bond donors (Lipinski definition) is 0. The van der Waals surface area contributed by atoms with E-state index in [0.29, 0.717) is 0 Å². The summed E-state index contributed by atoms with van der Waals surface area (Å²) in [4.78, 5) is 23.7. The molecule has 1 aliphatic heterocycles. The number of amides is 1. The van der Waals surface area contributed by atoms with Gasteiger partial charge in [-0.3, -0.25) is 4.79 Å². The lowest BCUT2D eigenvalue weighted by Crippen LogP contribution is -2.31. The molecular weight excluding hydrogens is 310 g/mol. The lowest BCUT2D eigenvalue weighted by molar-refractivity contribution is 0.0761. The number of benzene rings is 1. The van der Waals surface area contributed by atoms with Crippen molar-refractivity contribution in [1.29, 1.82) is 0 Å². The lowest BCUT2D eigenvalue weighted by atomic mass is 10.0. The van der Waals surface area contributed by atoms with E-state index >= 15 is 0 Å². The second kappa shape index (κ2) is 8.24. The first-order valence-corrected chi connectivity index (χ1v) is 9.41. The van der Waals surface area contributed by atoms with E-state index in [0.717, 1.165) is 61.4 Å². The summed E-state index contributed by atoms with van der Waals surface area (Å²) < 4.78 is 0. The Hall–Kier alpha value is -2.23. The first-order chi connectivity index (χ1) is 12.2. The Bertz CT molecular complexity index is 716. The predicted molar refractivity (Wildman–Crippen MR) is 101 cm³/mol. The van der Waals surface area contributed by atoms with E-state index in [-0.39, 0.29) is 5.91 Å². The summed E-state index contributed by atoms with van der Waals surface area (Å²) in [5.74, 6) is 0.931. The quantitative estimate of drug-likeness (QED) is 0.829. The number of nitrogens with zero attached hydrogens (tertiary/aromatic N) is 3. The Morgan fingerprint density at radius 3 is 2.40 bits per heavy atom. The summed E-state index contributed by atoms with van der Waals surface area (Å²) in [6.45, 7) is 5.84. The van der Waals surface area contributed by atoms with Crippen LogP contribution < -0.4 is 0 Å². The van der Waals surface area contributed by atoms with E-state index in [2.05, 4.69) is 16.9 Å². The highest BCUT2D eigenvalue weighted by molar-refractivity contribution is 5.94. The fraction of sp³-hybridized carbons (Fsp3) is 0.476. The third-order valence-corrected chi connectivity index (χ3v) is 4.80. The molecule has 0 unspecified atom stereocenters. The van der Waals surface area contributed by atoms with Gasteiger partial charge in [-0.15, -0.1) is 0 Å². The van der Waals surface area contributed by atoms with Crippen LogP contribution in [0.15, 0.2) is 30.5 Å². The maximum Gasteiger partial charge on any atom is 0.253 e. The molecule has 25 heavy (non-hydrogen) atoms. The minimum Gasteiger partial charge on any atom is -0.339 e. The molecule has 132 valence electrons. The molecule has 0 atom stereocenters. The molecule has 1 aromatic carbocycles. The number of carbonyl (C=O) groups is 1. The molecule has 0 saturated carbocycles. The molecule has 1 amide bonds. The SMILES string of the molecule is CCCc1cnc(C)nc1-c1ccc(C(=O)N2CCCCCC2)cc1. The van der Waals surface area contributed by atoms with Gasteiger partial charge in [0.1, 0.15) is 5.82 Å². The van der Waals surface area contributed by atoms with Crippen LogP contribution >= 0.6 is 0 Å². The molecule has 2 heterocycles. The van der Waals surface area contributed by atoms with Gasteiger partial charge >= 0.3 is 0 Å². The van der Waals surface area contributed by atoms with Gasteiger partial charge < -0.3 is 4.90 Å². The van der Waals surface area contributed by atoms with E-state index in [9.17, 15) is 4.79 Å². The van der Waals surface area contributed by atoms with Crippen LogP contribution in [0.1, 0.15) is 60.8 Å². The molecule has 1 aliphatic rings. The molecule has 3 rings (SSSR count). The van der Waals surface area contributed by atoms with E-state index in [4.69, 9.17) is 0 Å². The number of rotatable bonds is 4. The van der Waals surface area contributed by atoms with E-state index in [1.165, 1.54) is 18.4 Å². The van der Waals surface area contributed by atoms with Crippen LogP contribution in [0, 0.1) is 6.92 Å². The molecule has 0 radical (unpaired) electrons. The standard InChI is InChI=1S/C21H27N3O/c1-3-8-19-15-22-16(2)23-20(19)17-9-11-18(12-10-17)21(25)24-13-6-4-5-7-14-24/h9-12,15H,3-8,13-14H2,1-2H3. The first kappa shape index (κ1) is 17.6. The van der Waals surface area contributed by atoms with Crippen LogP contribution in [0.4, 0.5) is 0 Å². The number of aryl methyl sites for hydroxylation is 2. The van der Waals surface area contributed by atoms with Crippen molar-refractivity contribution in [2.45, 2.75) is 52.4 Å². The Labute approximate surface area is 150 Å². The van der Waals surface area contributed by atoms with Crippen molar-refractivity contribution >= 4 is 5.91 Å². The smallest absolute Gasteiger partial charge is 0.253 e. The zero-order valence-electron chi connectivity index (χ0n) is 15.3. The summed E-state index contributed by atoms with van der Waals surface area (Å²) in [6.07, 6.45) is 8.65. The first-order valence-electron chi connectivity index (χ1n) is 9.41. The normalized spacial score (nSPS) is 15.0. The average molecular weight is 337 g/mol. The third-order valence-electron chi connectivity index (χ3n) is 4.80. The summed E-state index contributed by atoms with van der Waals surface area (Å²) in [5, 5.41) is 0. The van der Waals surface area contributed by atoms with Crippen molar-refractivity contribution in [3.8, 4) is 11.3 Å². The van der Waals surface area contributed by atoms with Gasteiger partial charge in [0.05, 0.1) is 5.69 Å². The topological polar surface area (TPSA) is 46.1 Å². The average Bonchev–Trinajstić information content (AvgIpc) is 2.92. The molecule has 1 aromatic heterocycles. The fourth-order valence-corrected chi connectivity index (χ4v) is 3.42. The molecule has 2 aromatic rings. The summed E-state index contributed by atoms with van der Waals surface area (Å²) in [7, 11) is 0. The van der Waals surface area contributed by atoms with Gasteiger partial charge in [-0.05, 0) is 43.9 Å². The van der Waals surface area contributed by atoms with Crippen molar-refractivity contribution in [2.75, 3.05) is 13.1 Å². The molecule has 0 N–H and O–H groups in total. The molecule has 0 aliphatic carbocycles. The van der Waals surface area contributed by atoms with Gasteiger partial charge in [0.2, 0.25) is 0 Å². The predicted octanol–water partition coefficient (Wildman–Crippen LogP) is 4.42. The van der Waals surface area contributed by atoms with Crippen LogP contribution in [0.2, 0.25) is 0 Å². The van der Waals surface area contributed by atoms with Crippen molar-refractivity contribution in [3.05, 3.63) is 47.4 Å². The van der Waals surface area contributed by atoms with Gasteiger partial charge in [0, 0.05) is 30.4 Å². The highest BCUT2D eigenvalue weighted by Gasteiger charge is 2.17. The number of aromatic nitrogens is 2. The second-order valence-electron chi connectivity index (χ2n) is 6.82. The van der Waals surface area contributed by atoms with Crippen LogP contribution in [0.3, 0.4) is 0 Å². The molecule has 1 fully saturated rings.